The molecule has 0 aliphatic rings. The molecule has 0 atom stereocenters. The van der Waals surface area contributed by atoms with E-state index in [1.54, 1.807) is 39.6 Å². The maximum atomic E-state index is 5.46. The number of rotatable bonds is 3. The molecule has 78 valence electrons. The molecule has 0 radical (unpaired) electrons. The van der Waals surface area contributed by atoms with E-state index in [0.29, 0.717) is 0 Å². The summed E-state index contributed by atoms with van der Waals surface area (Å²) in [6.07, 6.45) is 2.08. The highest BCUT2D eigenvalue weighted by Crippen LogP contribution is 2.46. The van der Waals surface area contributed by atoms with Crippen LogP contribution >= 0.6 is 32.4 Å². The van der Waals surface area contributed by atoms with E-state index in [1.807, 2.05) is 6.07 Å². The third-order valence-electron chi connectivity index (χ3n) is 2.02. The summed E-state index contributed by atoms with van der Waals surface area (Å²) in [5.41, 5.74) is 1.23. The Morgan fingerprint density at radius 3 is 2.60 bits per heavy atom. The monoisotopic (exact) mass is 255 g/mol. The summed E-state index contributed by atoms with van der Waals surface area (Å²) in [7, 11) is 5.29. The molecule has 15 heavy (non-hydrogen) atoms. The Bertz CT molecular complexity index is 436. The van der Waals surface area contributed by atoms with Crippen molar-refractivity contribution in [2.75, 3.05) is 13.4 Å². The molecule has 0 amide bonds. The molecule has 0 saturated heterocycles. The van der Waals surface area contributed by atoms with Gasteiger partial charge in [-0.1, -0.05) is 42.1 Å². The van der Waals surface area contributed by atoms with E-state index >= 15 is 0 Å². The van der Waals surface area contributed by atoms with E-state index in [-0.39, 0.29) is 0 Å². The van der Waals surface area contributed by atoms with Crippen LogP contribution in [-0.2, 0) is 0 Å². The van der Waals surface area contributed by atoms with Crippen LogP contribution in [0.2, 0.25) is 0 Å². The predicted molar refractivity (Wildman–Crippen MR) is 70.4 cm³/mol. The molecular formula is C11H11OS3+. The number of thioether (sulfide) groups is 1. The van der Waals surface area contributed by atoms with Gasteiger partial charge in [0.1, 0.15) is 4.88 Å². The molecule has 2 rings (SSSR count). The third-order valence-corrected chi connectivity index (χ3v) is 5.90. The molecule has 1 aromatic heterocycles. The molecule has 0 spiro atoms. The topological polar surface area (TPSA) is 9.23 Å². The minimum absolute atomic E-state index is 1.02. The summed E-state index contributed by atoms with van der Waals surface area (Å²) in [5.74, 6) is 1.02. The van der Waals surface area contributed by atoms with E-state index in [9.17, 15) is 0 Å². The lowest BCUT2D eigenvalue weighted by atomic mass is 10.2. The first-order valence-electron chi connectivity index (χ1n) is 4.46. The molecule has 0 N–H and O–H groups in total. The standard InChI is InChI=1S/C11H11OS3/c1-12-9-10(14-15-11(9)13-2)8-6-4-3-5-7-8/h3-7H,1-2H3/q+1. The lowest BCUT2D eigenvalue weighted by Gasteiger charge is -1.99. The number of methoxy groups -OCH3 is 1. The van der Waals surface area contributed by atoms with E-state index in [4.69, 9.17) is 4.74 Å². The largest absolute Gasteiger partial charge is 0.489 e. The van der Waals surface area contributed by atoms with Crippen LogP contribution in [0, 0.1) is 0 Å². The van der Waals surface area contributed by atoms with Crippen molar-refractivity contribution in [3.63, 3.8) is 0 Å². The van der Waals surface area contributed by atoms with Crippen LogP contribution in [0.1, 0.15) is 0 Å². The van der Waals surface area contributed by atoms with Gasteiger partial charge in [-0.15, -0.1) is 0 Å². The maximum Gasteiger partial charge on any atom is 0.323 e. The minimum Gasteiger partial charge on any atom is -0.489 e. The van der Waals surface area contributed by atoms with Crippen LogP contribution in [0.15, 0.2) is 34.5 Å². The molecule has 1 heterocycles. The van der Waals surface area contributed by atoms with Crippen LogP contribution < -0.4 is 4.74 Å². The highest BCUT2D eigenvalue weighted by atomic mass is 32.9. The molecule has 0 fully saturated rings. The molecule has 2 aromatic rings. The smallest absolute Gasteiger partial charge is 0.323 e. The summed E-state index contributed by atoms with van der Waals surface area (Å²) in [4.78, 5) is 1.23. The van der Waals surface area contributed by atoms with Gasteiger partial charge in [-0.2, -0.15) is 0 Å². The molecule has 0 saturated carbocycles. The minimum atomic E-state index is 1.02. The first kappa shape index (κ1) is 10.9. The average Bonchev–Trinajstić information content (AvgIpc) is 2.72. The van der Waals surface area contributed by atoms with Gasteiger partial charge in [0.05, 0.1) is 7.11 Å². The van der Waals surface area contributed by atoms with Crippen LogP contribution in [0.4, 0.5) is 0 Å². The number of benzene rings is 1. The van der Waals surface area contributed by atoms with Crippen LogP contribution in [0.25, 0.3) is 10.4 Å². The Morgan fingerprint density at radius 2 is 2.00 bits per heavy atom. The van der Waals surface area contributed by atoms with Gasteiger partial charge in [-0.3, -0.25) is 0 Å². The Hall–Kier alpha value is -0.580. The maximum absolute atomic E-state index is 5.46. The number of hydrogen-bond acceptors (Lipinski definition) is 3. The lowest BCUT2D eigenvalue weighted by Crippen LogP contribution is -1.84. The summed E-state index contributed by atoms with van der Waals surface area (Å²) in [6.45, 7) is 0. The Balaban J connectivity index is 2.49. The predicted octanol–water partition coefficient (Wildman–Crippen LogP) is 4.49. The van der Waals surface area contributed by atoms with Gasteiger partial charge in [0, 0.05) is 5.56 Å². The molecule has 0 aliphatic carbocycles. The second kappa shape index (κ2) is 4.96. The number of hydrogen-bond donors (Lipinski definition) is 0. The quantitative estimate of drug-likeness (QED) is 0.454. The molecule has 0 aliphatic heterocycles. The van der Waals surface area contributed by atoms with Crippen LogP contribution in [0.3, 0.4) is 0 Å². The van der Waals surface area contributed by atoms with Crippen molar-refractivity contribution in [1.82, 2.24) is 0 Å². The molecule has 1 nitrogen and oxygen atoms in total. The van der Waals surface area contributed by atoms with Crippen molar-refractivity contribution in [1.29, 1.82) is 0 Å². The van der Waals surface area contributed by atoms with E-state index in [2.05, 4.69) is 30.5 Å². The zero-order chi connectivity index (χ0) is 10.7. The second-order valence-corrected chi connectivity index (χ2v) is 6.11. The fraction of sp³-hybridized carbons (Fsp3) is 0.182. The van der Waals surface area contributed by atoms with Gasteiger partial charge in [0.15, 0.2) is 10.3 Å². The SMILES string of the molecule is COc1c(-c2ccccc2)s[s+]c1SC. The van der Waals surface area contributed by atoms with Crippen LogP contribution in [0.5, 0.6) is 5.75 Å². The third kappa shape index (κ3) is 2.17. The van der Waals surface area contributed by atoms with Crippen LogP contribution in [-0.4, -0.2) is 13.4 Å². The van der Waals surface area contributed by atoms with Crippen molar-refractivity contribution < 1.29 is 4.74 Å². The summed E-state index contributed by atoms with van der Waals surface area (Å²) in [5, 5.41) is 0. The fourth-order valence-electron chi connectivity index (χ4n) is 1.32. The normalized spacial score (nSPS) is 10.3. The van der Waals surface area contributed by atoms with Gasteiger partial charge in [0.25, 0.3) is 0 Å². The zero-order valence-electron chi connectivity index (χ0n) is 8.52. The van der Waals surface area contributed by atoms with Gasteiger partial charge < -0.3 is 4.74 Å². The Morgan fingerprint density at radius 1 is 1.27 bits per heavy atom. The van der Waals surface area contributed by atoms with Crippen molar-refractivity contribution >= 4 is 32.4 Å². The Labute approximate surface area is 101 Å². The molecule has 0 unspecified atom stereocenters. The van der Waals surface area contributed by atoms with Crippen molar-refractivity contribution in [3.8, 4) is 16.2 Å². The summed E-state index contributed by atoms with van der Waals surface area (Å²) >= 11 is 1.74. The van der Waals surface area contributed by atoms with Gasteiger partial charge in [0.2, 0.25) is 5.75 Å². The van der Waals surface area contributed by atoms with E-state index in [0.717, 1.165) is 5.75 Å². The fourth-order valence-corrected chi connectivity index (χ4v) is 5.14. The molecular weight excluding hydrogens is 244 g/mol. The Kier molecular flexibility index (Phi) is 3.61. The molecule has 4 heteroatoms. The zero-order valence-corrected chi connectivity index (χ0v) is 11.0. The first-order valence-corrected chi connectivity index (χ1v) is 7.83. The van der Waals surface area contributed by atoms with E-state index < -0.39 is 0 Å². The molecule has 0 bridgehead atoms. The highest BCUT2D eigenvalue weighted by molar-refractivity contribution is 8.02. The highest BCUT2D eigenvalue weighted by Gasteiger charge is 2.24. The van der Waals surface area contributed by atoms with Crippen molar-refractivity contribution in [2.45, 2.75) is 4.21 Å². The summed E-state index contributed by atoms with van der Waals surface area (Å²) in [6, 6.07) is 10.4. The van der Waals surface area contributed by atoms with Gasteiger partial charge >= 0.3 is 14.5 Å². The number of ether oxygens (including phenoxy) is 1. The van der Waals surface area contributed by atoms with Crippen molar-refractivity contribution in [2.24, 2.45) is 0 Å². The van der Waals surface area contributed by atoms with Gasteiger partial charge in [-0.05, 0) is 6.26 Å². The van der Waals surface area contributed by atoms with Crippen molar-refractivity contribution in [3.05, 3.63) is 30.3 Å². The second-order valence-electron chi connectivity index (χ2n) is 2.89. The lowest BCUT2D eigenvalue weighted by molar-refractivity contribution is 0.410. The summed E-state index contributed by atoms with van der Waals surface area (Å²) < 4.78 is 6.71. The molecule has 1 aromatic carbocycles. The van der Waals surface area contributed by atoms with Gasteiger partial charge in [-0.25, -0.2) is 0 Å². The average molecular weight is 255 g/mol. The van der Waals surface area contributed by atoms with E-state index in [1.165, 1.54) is 14.6 Å². The first-order chi connectivity index (χ1) is 7.36.